The van der Waals surface area contributed by atoms with Crippen molar-refractivity contribution in [1.29, 1.82) is 0 Å². The monoisotopic (exact) mass is 474 g/mol. The van der Waals surface area contributed by atoms with Crippen LogP contribution < -0.4 is 0 Å². The molecule has 2 rings (SSSR count). The molecule has 6 heteroatoms. The standard InChI is InChI=1S/C28H39FO5/c1-5-6-7-8-21-9-11-22(12-10-21)23-13-14-25(26(29)15-23)24(17-33-27(31)19(2)3)18-34-28(32)20(4)16-30/h13-15,21-22,24,30H,2,4-12,16-18H2,1,3H3. The topological polar surface area (TPSA) is 72.8 Å². The lowest BCUT2D eigenvalue weighted by Gasteiger charge is -2.29. The fourth-order valence-corrected chi connectivity index (χ4v) is 4.47. The molecule has 0 aromatic heterocycles. The van der Waals surface area contributed by atoms with Crippen molar-refractivity contribution in [3.05, 3.63) is 59.4 Å². The zero-order chi connectivity index (χ0) is 25.1. The Bertz CT molecular complexity index is 854. The zero-order valence-corrected chi connectivity index (χ0v) is 20.6. The van der Waals surface area contributed by atoms with Crippen LogP contribution in [0, 0.1) is 11.7 Å². The zero-order valence-electron chi connectivity index (χ0n) is 20.6. The molecule has 5 nitrogen and oxygen atoms in total. The molecule has 0 spiro atoms. The highest BCUT2D eigenvalue weighted by molar-refractivity contribution is 5.88. The molecule has 0 amide bonds. The molecule has 1 atom stereocenters. The summed E-state index contributed by atoms with van der Waals surface area (Å²) in [5, 5.41) is 9.05. The van der Waals surface area contributed by atoms with Gasteiger partial charge in [-0.2, -0.15) is 0 Å². The molecule has 1 aromatic rings. The molecule has 188 valence electrons. The van der Waals surface area contributed by atoms with Gasteiger partial charge in [0.1, 0.15) is 19.0 Å². The maximum Gasteiger partial charge on any atom is 0.335 e. The Morgan fingerprint density at radius 2 is 1.74 bits per heavy atom. The summed E-state index contributed by atoms with van der Waals surface area (Å²) in [6.07, 6.45) is 9.61. The quantitative estimate of drug-likeness (QED) is 0.216. The minimum absolute atomic E-state index is 0.0983. The Balaban J connectivity index is 2.07. The van der Waals surface area contributed by atoms with E-state index in [4.69, 9.17) is 14.6 Å². The van der Waals surface area contributed by atoms with Gasteiger partial charge in [0.05, 0.1) is 18.1 Å². The van der Waals surface area contributed by atoms with E-state index >= 15 is 4.39 Å². The number of ether oxygens (including phenoxy) is 2. The average Bonchev–Trinajstić information content (AvgIpc) is 2.84. The molecule has 1 saturated carbocycles. The van der Waals surface area contributed by atoms with Gasteiger partial charge in [-0.05, 0) is 61.6 Å². The van der Waals surface area contributed by atoms with E-state index in [1.807, 2.05) is 6.07 Å². The molecule has 0 heterocycles. The van der Waals surface area contributed by atoms with E-state index in [1.54, 1.807) is 12.1 Å². The van der Waals surface area contributed by atoms with Crippen LogP contribution >= 0.6 is 0 Å². The molecule has 1 aliphatic carbocycles. The number of aliphatic hydroxyl groups is 1. The highest BCUT2D eigenvalue weighted by atomic mass is 19.1. The van der Waals surface area contributed by atoms with E-state index in [9.17, 15) is 9.59 Å². The molecule has 0 bridgehead atoms. The van der Waals surface area contributed by atoms with Crippen LogP contribution in [0.1, 0.15) is 88.2 Å². The normalized spacial score (nSPS) is 18.7. The number of unbranched alkanes of at least 4 members (excludes halogenated alkanes) is 2. The lowest BCUT2D eigenvalue weighted by molar-refractivity contribution is -0.142. The molecule has 1 N–H and O–H groups in total. The number of aliphatic hydroxyl groups excluding tert-OH is 1. The van der Waals surface area contributed by atoms with Crippen LogP contribution in [0.5, 0.6) is 0 Å². The van der Waals surface area contributed by atoms with Crippen LogP contribution in [0.3, 0.4) is 0 Å². The summed E-state index contributed by atoms with van der Waals surface area (Å²) in [5.74, 6) is -1.34. The van der Waals surface area contributed by atoms with Crippen molar-refractivity contribution >= 4 is 11.9 Å². The molecule has 1 unspecified atom stereocenters. The number of hydrogen-bond donors (Lipinski definition) is 1. The largest absolute Gasteiger partial charge is 0.462 e. The van der Waals surface area contributed by atoms with Crippen molar-refractivity contribution in [2.75, 3.05) is 19.8 Å². The highest BCUT2D eigenvalue weighted by Gasteiger charge is 2.25. The van der Waals surface area contributed by atoms with Crippen LogP contribution in [0.15, 0.2) is 42.5 Å². The van der Waals surface area contributed by atoms with Crippen molar-refractivity contribution < 1.29 is 28.6 Å². The van der Waals surface area contributed by atoms with E-state index in [2.05, 4.69) is 20.1 Å². The van der Waals surface area contributed by atoms with Crippen LogP contribution in [0.25, 0.3) is 0 Å². The Hall–Kier alpha value is -2.47. The molecule has 1 fully saturated rings. The summed E-state index contributed by atoms with van der Waals surface area (Å²) in [5.41, 5.74) is 1.43. The van der Waals surface area contributed by atoms with Crippen LogP contribution in [0.2, 0.25) is 0 Å². The lowest BCUT2D eigenvalue weighted by atomic mass is 9.76. The number of carbonyl (C=O) groups is 2. The fourth-order valence-electron chi connectivity index (χ4n) is 4.47. The van der Waals surface area contributed by atoms with Gasteiger partial charge in [-0.3, -0.25) is 0 Å². The van der Waals surface area contributed by atoms with Gasteiger partial charge in [-0.1, -0.05) is 57.9 Å². The Morgan fingerprint density at radius 1 is 1.09 bits per heavy atom. The molecule has 0 radical (unpaired) electrons. The van der Waals surface area contributed by atoms with Gasteiger partial charge >= 0.3 is 11.9 Å². The van der Waals surface area contributed by atoms with Crippen molar-refractivity contribution in [1.82, 2.24) is 0 Å². The van der Waals surface area contributed by atoms with Crippen molar-refractivity contribution in [3.63, 3.8) is 0 Å². The number of benzene rings is 1. The van der Waals surface area contributed by atoms with Gasteiger partial charge in [0.2, 0.25) is 0 Å². The third-order valence-electron chi connectivity index (χ3n) is 6.66. The summed E-state index contributed by atoms with van der Waals surface area (Å²) in [7, 11) is 0. The summed E-state index contributed by atoms with van der Waals surface area (Å²) in [6, 6.07) is 5.20. The molecule has 34 heavy (non-hydrogen) atoms. The number of hydrogen-bond acceptors (Lipinski definition) is 5. The van der Waals surface area contributed by atoms with Gasteiger partial charge in [-0.15, -0.1) is 0 Å². The summed E-state index contributed by atoms with van der Waals surface area (Å²) >= 11 is 0. The summed E-state index contributed by atoms with van der Waals surface area (Å²) in [6.45, 7) is 9.83. The maximum absolute atomic E-state index is 15.2. The Kier molecular flexibility index (Phi) is 11.5. The van der Waals surface area contributed by atoms with E-state index in [0.29, 0.717) is 11.5 Å². The molecule has 1 aromatic carbocycles. The third kappa shape index (κ3) is 8.39. The van der Waals surface area contributed by atoms with E-state index in [0.717, 1.165) is 24.3 Å². The molecule has 1 aliphatic rings. The number of esters is 2. The Labute approximate surface area is 203 Å². The van der Waals surface area contributed by atoms with Crippen LogP contribution in [0.4, 0.5) is 4.39 Å². The first kappa shape index (κ1) is 27.8. The predicted molar refractivity (Wildman–Crippen MR) is 131 cm³/mol. The summed E-state index contributed by atoms with van der Waals surface area (Å²) in [4.78, 5) is 23.8. The molecular formula is C28H39FO5. The lowest BCUT2D eigenvalue weighted by Crippen LogP contribution is -2.22. The Morgan fingerprint density at radius 3 is 2.29 bits per heavy atom. The van der Waals surface area contributed by atoms with Crippen LogP contribution in [-0.4, -0.2) is 36.9 Å². The number of rotatable bonds is 13. The first-order valence-corrected chi connectivity index (χ1v) is 12.3. The van der Waals surface area contributed by atoms with E-state index in [1.165, 1.54) is 45.4 Å². The average molecular weight is 475 g/mol. The van der Waals surface area contributed by atoms with Crippen molar-refractivity contribution in [2.45, 2.75) is 77.0 Å². The van der Waals surface area contributed by atoms with Crippen LogP contribution in [-0.2, 0) is 19.1 Å². The van der Waals surface area contributed by atoms with E-state index < -0.39 is 30.3 Å². The molecular weight excluding hydrogens is 435 g/mol. The maximum atomic E-state index is 15.2. The smallest absolute Gasteiger partial charge is 0.335 e. The highest BCUT2D eigenvalue weighted by Crippen LogP contribution is 2.38. The second-order valence-corrected chi connectivity index (χ2v) is 9.43. The molecule has 0 saturated heterocycles. The SMILES string of the molecule is C=C(C)C(=O)OCC(COC(=O)C(=C)CO)c1ccc(C2CCC(CCCCC)CC2)cc1F. The van der Waals surface area contributed by atoms with E-state index in [-0.39, 0.29) is 24.4 Å². The predicted octanol–water partition coefficient (Wildman–Crippen LogP) is 5.97. The van der Waals surface area contributed by atoms with Gasteiger partial charge in [0.25, 0.3) is 0 Å². The number of halogens is 1. The first-order valence-electron chi connectivity index (χ1n) is 12.3. The van der Waals surface area contributed by atoms with Gasteiger partial charge in [0, 0.05) is 5.57 Å². The molecule has 0 aliphatic heterocycles. The van der Waals surface area contributed by atoms with Crippen molar-refractivity contribution in [3.8, 4) is 0 Å². The minimum atomic E-state index is -0.772. The second kappa shape index (κ2) is 14.1. The van der Waals surface area contributed by atoms with Gasteiger partial charge in [0.15, 0.2) is 0 Å². The van der Waals surface area contributed by atoms with Gasteiger partial charge in [-0.25, -0.2) is 14.0 Å². The van der Waals surface area contributed by atoms with Gasteiger partial charge < -0.3 is 14.6 Å². The second-order valence-electron chi connectivity index (χ2n) is 9.43. The van der Waals surface area contributed by atoms with Crippen molar-refractivity contribution in [2.24, 2.45) is 5.92 Å². The first-order chi connectivity index (χ1) is 16.3. The fraction of sp³-hybridized carbons (Fsp3) is 0.571. The summed E-state index contributed by atoms with van der Waals surface area (Å²) < 4.78 is 25.6. The minimum Gasteiger partial charge on any atom is -0.462 e. The third-order valence-corrected chi connectivity index (χ3v) is 6.66. The number of carbonyl (C=O) groups excluding carboxylic acids is 2.